The minimum absolute atomic E-state index is 0.258. The number of ether oxygens (including phenoxy) is 2. The van der Waals surface area contributed by atoms with E-state index in [1.54, 1.807) is 12.1 Å². The molecule has 1 aliphatic rings. The predicted octanol–water partition coefficient (Wildman–Crippen LogP) is 3.57. The minimum Gasteiger partial charge on any atom is -0.481 e. The number of methoxy groups -OCH3 is 1. The molecule has 8 heteroatoms. The van der Waals surface area contributed by atoms with Crippen molar-refractivity contribution < 1.29 is 18.7 Å². The summed E-state index contributed by atoms with van der Waals surface area (Å²) in [6, 6.07) is 13.1. The van der Waals surface area contributed by atoms with E-state index in [4.69, 9.17) is 9.47 Å². The number of nitrogens with zero attached hydrogens (tertiary/aromatic N) is 3. The van der Waals surface area contributed by atoms with Gasteiger partial charge in [-0.05, 0) is 36.9 Å². The molecule has 2 aromatic heterocycles. The molecule has 7 nitrogen and oxygen atoms in total. The number of amides is 1. The van der Waals surface area contributed by atoms with E-state index in [-0.39, 0.29) is 12.4 Å². The number of likely N-dealkylation sites (tertiary alicyclic amines) is 1. The number of halogens is 1. The van der Waals surface area contributed by atoms with Gasteiger partial charge in [-0.1, -0.05) is 30.3 Å². The Kier molecular flexibility index (Phi) is 7.11. The Morgan fingerprint density at radius 2 is 2.09 bits per heavy atom. The van der Waals surface area contributed by atoms with E-state index >= 15 is 0 Å². The minimum atomic E-state index is -0.405. The molecule has 1 amide bonds. The lowest BCUT2D eigenvalue weighted by Crippen LogP contribution is -2.31. The molecule has 1 aromatic carbocycles. The lowest BCUT2D eigenvalue weighted by molar-refractivity contribution is 0.138. The number of alkyl carbamates (subject to hydrolysis) is 1. The normalized spacial score (nSPS) is 16.2. The molecule has 1 unspecified atom stereocenters. The second kappa shape index (κ2) is 10.4. The van der Waals surface area contributed by atoms with E-state index in [1.165, 1.54) is 13.3 Å². The predicted molar refractivity (Wildman–Crippen MR) is 119 cm³/mol. The summed E-state index contributed by atoms with van der Waals surface area (Å²) in [6.07, 6.45) is 2.36. The van der Waals surface area contributed by atoms with Crippen LogP contribution < -0.4 is 10.1 Å². The molecule has 168 valence electrons. The van der Waals surface area contributed by atoms with Gasteiger partial charge < -0.3 is 19.7 Å². The van der Waals surface area contributed by atoms with Crippen LogP contribution in [0.3, 0.4) is 0 Å². The van der Waals surface area contributed by atoms with Crippen molar-refractivity contribution in [2.45, 2.75) is 19.4 Å². The largest absolute Gasteiger partial charge is 0.481 e. The average molecular weight is 439 g/mol. The quantitative estimate of drug-likeness (QED) is 0.580. The van der Waals surface area contributed by atoms with Crippen LogP contribution in [0.4, 0.5) is 9.18 Å². The number of carbonyl (C=O) groups is 1. The van der Waals surface area contributed by atoms with Gasteiger partial charge in [0, 0.05) is 31.3 Å². The van der Waals surface area contributed by atoms with E-state index in [1.807, 2.05) is 30.3 Å². The van der Waals surface area contributed by atoms with Crippen molar-refractivity contribution in [2.24, 2.45) is 5.92 Å². The van der Waals surface area contributed by atoms with Gasteiger partial charge in [0.1, 0.15) is 12.4 Å². The SMILES string of the molecule is COc1ccc2ncc(F)c(CCN3CCC(CNC(=O)OCc4ccccc4)C3)c2n1. The fourth-order valence-electron chi connectivity index (χ4n) is 3.98. The molecule has 0 aliphatic carbocycles. The fraction of sp³-hybridized carbons (Fsp3) is 0.375. The van der Waals surface area contributed by atoms with Crippen molar-refractivity contribution >= 4 is 17.1 Å². The van der Waals surface area contributed by atoms with Crippen molar-refractivity contribution in [2.75, 3.05) is 33.3 Å². The molecule has 0 saturated carbocycles. The van der Waals surface area contributed by atoms with Crippen LogP contribution in [0.1, 0.15) is 17.5 Å². The summed E-state index contributed by atoms with van der Waals surface area (Å²) in [5.74, 6) is 0.436. The first-order chi connectivity index (χ1) is 15.6. The fourth-order valence-corrected chi connectivity index (χ4v) is 3.98. The van der Waals surface area contributed by atoms with E-state index < -0.39 is 6.09 Å². The lowest BCUT2D eigenvalue weighted by atomic mass is 10.1. The van der Waals surface area contributed by atoms with E-state index in [2.05, 4.69) is 20.2 Å². The molecule has 1 N–H and O–H groups in total. The van der Waals surface area contributed by atoms with Crippen molar-refractivity contribution in [1.82, 2.24) is 20.2 Å². The van der Waals surface area contributed by atoms with Gasteiger partial charge in [-0.3, -0.25) is 4.98 Å². The number of pyridine rings is 2. The summed E-state index contributed by atoms with van der Waals surface area (Å²) < 4.78 is 24.9. The molecule has 0 radical (unpaired) electrons. The second-order valence-corrected chi connectivity index (χ2v) is 7.95. The van der Waals surface area contributed by atoms with E-state index in [0.717, 1.165) is 25.1 Å². The highest BCUT2D eigenvalue weighted by molar-refractivity contribution is 5.78. The average Bonchev–Trinajstić information content (AvgIpc) is 3.29. The topological polar surface area (TPSA) is 76.6 Å². The zero-order chi connectivity index (χ0) is 22.3. The number of hydrogen-bond donors (Lipinski definition) is 1. The Morgan fingerprint density at radius 3 is 2.91 bits per heavy atom. The van der Waals surface area contributed by atoms with Crippen molar-refractivity contribution in [1.29, 1.82) is 0 Å². The van der Waals surface area contributed by atoms with Crippen LogP contribution in [-0.2, 0) is 17.8 Å². The Balaban J connectivity index is 1.25. The van der Waals surface area contributed by atoms with Gasteiger partial charge in [0.05, 0.1) is 24.3 Å². The van der Waals surface area contributed by atoms with E-state index in [9.17, 15) is 9.18 Å². The van der Waals surface area contributed by atoms with Gasteiger partial charge in [0.25, 0.3) is 0 Å². The van der Waals surface area contributed by atoms with Crippen molar-refractivity contribution in [3.63, 3.8) is 0 Å². The van der Waals surface area contributed by atoms with Gasteiger partial charge in [-0.2, -0.15) is 0 Å². The monoisotopic (exact) mass is 438 g/mol. The summed E-state index contributed by atoms with van der Waals surface area (Å²) in [7, 11) is 1.54. The summed E-state index contributed by atoms with van der Waals surface area (Å²) in [5, 5.41) is 2.86. The van der Waals surface area contributed by atoms with Crippen LogP contribution in [0.15, 0.2) is 48.7 Å². The van der Waals surface area contributed by atoms with E-state index in [0.29, 0.717) is 47.9 Å². The number of rotatable bonds is 8. The Morgan fingerprint density at radius 1 is 1.25 bits per heavy atom. The highest BCUT2D eigenvalue weighted by atomic mass is 19.1. The molecule has 1 atom stereocenters. The third-order valence-corrected chi connectivity index (χ3v) is 5.74. The van der Waals surface area contributed by atoms with Crippen LogP contribution in [0.25, 0.3) is 11.0 Å². The van der Waals surface area contributed by atoms with Crippen LogP contribution >= 0.6 is 0 Å². The van der Waals surface area contributed by atoms with Crippen LogP contribution in [-0.4, -0.2) is 54.2 Å². The Bertz CT molecular complexity index is 1060. The standard InChI is InChI=1S/C24H27FN4O3/c1-31-22-8-7-21-23(28-22)19(20(25)14-26-21)10-12-29-11-9-18(15-29)13-27-24(30)32-16-17-5-3-2-4-6-17/h2-8,14,18H,9-13,15-16H2,1H3,(H,27,30). The first kappa shape index (κ1) is 22.0. The molecule has 32 heavy (non-hydrogen) atoms. The molecule has 4 rings (SSSR count). The Hall–Kier alpha value is -3.26. The summed E-state index contributed by atoms with van der Waals surface area (Å²) in [5.41, 5.74) is 2.71. The van der Waals surface area contributed by atoms with Gasteiger partial charge in [-0.25, -0.2) is 14.2 Å². The molecular weight excluding hydrogens is 411 g/mol. The molecule has 1 saturated heterocycles. The van der Waals surface area contributed by atoms with Gasteiger partial charge in [0.2, 0.25) is 5.88 Å². The Labute approximate surface area is 186 Å². The smallest absolute Gasteiger partial charge is 0.407 e. The number of aromatic nitrogens is 2. The molecule has 1 aliphatic heterocycles. The number of benzene rings is 1. The van der Waals surface area contributed by atoms with Crippen molar-refractivity contribution in [3.05, 3.63) is 65.6 Å². The first-order valence-corrected chi connectivity index (χ1v) is 10.8. The second-order valence-electron chi connectivity index (χ2n) is 7.95. The maximum Gasteiger partial charge on any atom is 0.407 e. The maximum absolute atomic E-state index is 14.5. The molecule has 1 fully saturated rings. The van der Waals surface area contributed by atoms with Crippen molar-refractivity contribution in [3.8, 4) is 5.88 Å². The maximum atomic E-state index is 14.5. The molecule has 0 spiro atoms. The zero-order valence-electron chi connectivity index (χ0n) is 18.1. The molecule has 3 aromatic rings. The van der Waals surface area contributed by atoms with Gasteiger partial charge in [0.15, 0.2) is 0 Å². The third-order valence-electron chi connectivity index (χ3n) is 5.74. The molecular formula is C24H27FN4O3. The molecule has 3 heterocycles. The third kappa shape index (κ3) is 5.50. The lowest BCUT2D eigenvalue weighted by Gasteiger charge is -2.17. The summed E-state index contributed by atoms with van der Waals surface area (Å²) >= 11 is 0. The molecule has 0 bridgehead atoms. The number of fused-ring (bicyclic) bond motifs is 1. The summed E-state index contributed by atoms with van der Waals surface area (Å²) in [6.45, 7) is 3.29. The highest BCUT2D eigenvalue weighted by Crippen LogP contribution is 2.23. The first-order valence-electron chi connectivity index (χ1n) is 10.8. The highest BCUT2D eigenvalue weighted by Gasteiger charge is 2.23. The van der Waals surface area contributed by atoms with Crippen LogP contribution in [0.2, 0.25) is 0 Å². The number of carbonyl (C=O) groups excluding carboxylic acids is 1. The summed E-state index contributed by atoms with van der Waals surface area (Å²) in [4.78, 5) is 22.8. The van der Waals surface area contributed by atoms with Gasteiger partial charge >= 0.3 is 6.09 Å². The number of hydrogen-bond acceptors (Lipinski definition) is 6. The zero-order valence-corrected chi connectivity index (χ0v) is 18.1. The van der Waals surface area contributed by atoms with Crippen LogP contribution in [0, 0.1) is 11.7 Å². The number of nitrogens with one attached hydrogen (secondary N) is 1. The van der Waals surface area contributed by atoms with Gasteiger partial charge in [-0.15, -0.1) is 0 Å². The van der Waals surface area contributed by atoms with Crippen LogP contribution in [0.5, 0.6) is 5.88 Å².